The van der Waals surface area contributed by atoms with Crippen molar-refractivity contribution >= 4 is 11.8 Å². The molecule has 1 aliphatic rings. The minimum atomic E-state index is -0.346. The molecule has 2 aromatic heterocycles. The monoisotopic (exact) mass is 354 g/mol. The average Bonchev–Trinajstić information content (AvgIpc) is 2.69. The molecule has 136 valence electrons. The quantitative estimate of drug-likeness (QED) is 0.890. The van der Waals surface area contributed by atoms with E-state index in [1.807, 2.05) is 4.90 Å². The Morgan fingerprint density at radius 1 is 1.19 bits per heavy atom. The molecule has 0 atom stereocenters. The summed E-state index contributed by atoms with van der Waals surface area (Å²) in [5, 5.41) is 2.85. The second kappa shape index (κ2) is 7.95. The van der Waals surface area contributed by atoms with Gasteiger partial charge in [-0.3, -0.25) is 19.4 Å². The van der Waals surface area contributed by atoms with Gasteiger partial charge in [0.05, 0.1) is 0 Å². The van der Waals surface area contributed by atoms with Crippen LogP contribution in [0.25, 0.3) is 0 Å². The third-order valence-electron chi connectivity index (χ3n) is 4.75. The van der Waals surface area contributed by atoms with Crippen molar-refractivity contribution in [2.24, 2.45) is 13.0 Å². The lowest BCUT2D eigenvalue weighted by atomic mass is 9.96. The van der Waals surface area contributed by atoms with Crippen molar-refractivity contribution in [2.45, 2.75) is 12.8 Å². The van der Waals surface area contributed by atoms with Gasteiger partial charge in [0.1, 0.15) is 5.56 Å². The Hall–Kier alpha value is -2.96. The first-order chi connectivity index (χ1) is 12.6. The highest BCUT2D eigenvalue weighted by molar-refractivity contribution is 5.94. The number of amides is 2. The summed E-state index contributed by atoms with van der Waals surface area (Å²) in [6, 6.07) is 6.65. The molecular weight excluding hydrogens is 332 g/mol. The van der Waals surface area contributed by atoms with Crippen LogP contribution in [0.3, 0.4) is 0 Å². The van der Waals surface area contributed by atoms with E-state index in [-0.39, 0.29) is 22.9 Å². The lowest BCUT2D eigenvalue weighted by Crippen LogP contribution is -2.42. The Morgan fingerprint density at radius 3 is 2.58 bits per heavy atom. The predicted octanol–water partition coefficient (Wildman–Crippen LogP) is 1.06. The third-order valence-corrected chi connectivity index (χ3v) is 4.75. The molecule has 0 radical (unpaired) electrons. The van der Waals surface area contributed by atoms with Gasteiger partial charge in [0.15, 0.2) is 0 Å². The maximum absolute atomic E-state index is 12.4. The van der Waals surface area contributed by atoms with Gasteiger partial charge >= 0.3 is 0 Å². The van der Waals surface area contributed by atoms with Crippen molar-refractivity contribution in [3.05, 3.63) is 64.3 Å². The molecular formula is C19H22N4O3. The average molecular weight is 354 g/mol. The number of piperidine rings is 1. The van der Waals surface area contributed by atoms with Crippen LogP contribution in [0.2, 0.25) is 0 Å². The van der Waals surface area contributed by atoms with E-state index < -0.39 is 0 Å². The zero-order valence-corrected chi connectivity index (χ0v) is 14.7. The van der Waals surface area contributed by atoms with Crippen molar-refractivity contribution in [2.75, 3.05) is 19.6 Å². The van der Waals surface area contributed by atoms with E-state index in [2.05, 4.69) is 10.3 Å². The lowest BCUT2D eigenvalue weighted by molar-refractivity contribution is 0.0684. The molecule has 1 N–H and O–H groups in total. The number of carbonyl (C=O) groups is 2. The molecule has 3 rings (SSSR count). The molecule has 26 heavy (non-hydrogen) atoms. The van der Waals surface area contributed by atoms with Crippen molar-refractivity contribution in [3.8, 4) is 0 Å². The molecule has 0 unspecified atom stereocenters. The predicted molar refractivity (Wildman–Crippen MR) is 96.9 cm³/mol. The molecule has 0 saturated carbocycles. The smallest absolute Gasteiger partial charge is 0.263 e. The number of hydrogen-bond acceptors (Lipinski definition) is 4. The molecule has 3 heterocycles. The molecule has 0 spiro atoms. The molecule has 2 amide bonds. The minimum Gasteiger partial charge on any atom is -0.352 e. The fourth-order valence-electron chi connectivity index (χ4n) is 3.12. The lowest BCUT2D eigenvalue weighted by Gasteiger charge is -2.32. The zero-order valence-electron chi connectivity index (χ0n) is 14.7. The van der Waals surface area contributed by atoms with E-state index in [9.17, 15) is 14.4 Å². The Bertz CT molecular complexity index is 839. The molecule has 1 fully saturated rings. The van der Waals surface area contributed by atoms with Gasteiger partial charge in [-0.25, -0.2) is 0 Å². The summed E-state index contributed by atoms with van der Waals surface area (Å²) in [6.07, 6.45) is 6.50. The van der Waals surface area contributed by atoms with Gasteiger partial charge in [0.25, 0.3) is 17.4 Å². The third kappa shape index (κ3) is 3.99. The van der Waals surface area contributed by atoms with E-state index in [1.54, 1.807) is 43.8 Å². The van der Waals surface area contributed by atoms with Gasteiger partial charge in [-0.2, -0.15) is 0 Å². The highest BCUT2D eigenvalue weighted by Gasteiger charge is 2.24. The van der Waals surface area contributed by atoms with Crippen LogP contribution in [0.4, 0.5) is 0 Å². The van der Waals surface area contributed by atoms with E-state index in [4.69, 9.17) is 0 Å². The van der Waals surface area contributed by atoms with E-state index in [0.717, 1.165) is 12.8 Å². The summed E-state index contributed by atoms with van der Waals surface area (Å²) >= 11 is 0. The number of nitrogens with one attached hydrogen (secondary N) is 1. The highest BCUT2D eigenvalue weighted by atomic mass is 16.2. The van der Waals surface area contributed by atoms with Crippen LogP contribution in [0.1, 0.15) is 33.6 Å². The SMILES string of the molecule is Cn1cccc(C(=O)NCC2CCN(C(=O)c3ccncc3)CC2)c1=O. The van der Waals surface area contributed by atoms with E-state index in [1.165, 1.54) is 10.6 Å². The fraction of sp³-hybridized carbons (Fsp3) is 0.368. The van der Waals surface area contributed by atoms with Crippen molar-refractivity contribution in [1.29, 1.82) is 0 Å². The number of rotatable bonds is 4. The Morgan fingerprint density at radius 2 is 1.88 bits per heavy atom. The fourth-order valence-corrected chi connectivity index (χ4v) is 3.12. The van der Waals surface area contributed by atoms with Crippen molar-refractivity contribution < 1.29 is 9.59 Å². The number of aromatic nitrogens is 2. The summed E-state index contributed by atoms with van der Waals surface area (Å²) in [5.74, 6) is -0.0304. The first-order valence-corrected chi connectivity index (χ1v) is 8.69. The van der Waals surface area contributed by atoms with Crippen LogP contribution in [-0.2, 0) is 7.05 Å². The van der Waals surface area contributed by atoms with Gasteiger partial charge < -0.3 is 14.8 Å². The van der Waals surface area contributed by atoms with Crippen LogP contribution in [0, 0.1) is 5.92 Å². The van der Waals surface area contributed by atoms with Gasteiger partial charge in [-0.05, 0) is 43.0 Å². The van der Waals surface area contributed by atoms with Gasteiger partial charge in [0, 0.05) is 50.8 Å². The first kappa shape index (κ1) is 17.8. The molecule has 7 heteroatoms. The zero-order chi connectivity index (χ0) is 18.5. The Labute approximate surface area is 151 Å². The number of aryl methyl sites for hydroxylation is 1. The number of likely N-dealkylation sites (tertiary alicyclic amines) is 1. The number of pyridine rings is 2. The molecule has 0 bridgehead atoms. The highest BCUT2D eigenvalue weighted by Crippen LogP contribution is 2.18. The standard InChI is InChI=1S/C19H22N4O3/c1-22-10-2-3-16(19(22)26)17(24)21-13-14-6-11-23(12-7-14)18(25)15-4-8-20-9-5-15/h2-5,8-10,14H,6-7,11-13H2,1H3,(H,21,24). The summed E-state index contributed by atoms with van der Waals surface area (Å²) < 4.78 is 1.39. The molecule has 7 nitrogen and oxygen atoms in total. The van der Waals surface area contributed by atoms with Gasteiger partial charge in [-0.1, -0.05) is 0 Å². The topological polar surface area (TPSA) is 84.3 Å². The summed E-state index contributed by atoms with van der Waals surface area (Å²) in [6.45, 7) is 1.83. The van der Waals surface area contributed by atoms with Crippen LogP contribution < -0.4 is 10.9 Å². The summed E-state index contributed by atoms with van der Waals surface area (Å²) in [4.78, 5) is 42.4. The van der Waals surface area contributed by atoms with Crippen LogP contribution in [0.15, 0.2) is 47.7 Å². The van der Waals surface area contributed by atoms with E-state index in [0.29, 0.717) is 31.1 Å². The maximum Gasteiger partial charge on any atom is 0.263 e. The van der Waals surface area contributed by atoms with Crippen LogP contribution >= 0.6 is 0 Å². The first-order valence-electron chi connectivity index (χ1n) is 8.69. The second-order valence-electron chi connectivity index (χ2n) is 6.52. The van der Waals surface area contributed by atoms with E-state index >= 15 is 0 Å². The normalized spacial score (nSPS) is 14.9. The van der Waals surface area contributed by atoms with Gasteiger partial charge in [-0.15, -0.1) is 0 Å². The second-order valence-corrected chi connectivity index (χ2v) is 6.52. The van der Waals surface area contributed by atoms with Gasteiger partial charge in [0.2, 0.25) is 0 Å². The number of carbonyl (C=O) groups excluding carboxylic acids is 2. The summed E-state index contributed by atoms with van der Waals surface area (Å²) in [7, 11) is 1.62. The van der Waals surface area contributed by atoms with Crippen molar-refractivity contribution in [1.82, 2.24) is 19.8 Å². The number of nitrogens with zero attached hydrogens (tertiary/aromatic N) is 3. The largest absolute Gasteiger partial charge is 0.352 e. The summed E-state index contributed by atoms with van der Waals surface area (Å²) in [5.41, 5.74) is 0.495. The Balaban J connectivity index is 1.50. The molecule has 0 aliphatic carbocycles. The molecule has 1 saturated heterocycles. The van der Waals surface area contributed by atoms with Crippen LogP contribution in [-0.4, -0.2) is 45.9 Å². The molecule has 1 aliphatic heterocycles. The van der Waals surface area contributed by atoms with Crippen LogP contribution in [0.5, 0.6) is 0 Å². The maximum atomic E-state index is 12.4. The Kier molecular flexibility index (Phi) is 5.46. The molecule has 2 aromatic rings. The van der Waals surface area contributed by atoms with Crippen molar-refractivity contribution in [3.63, 3.8) is 0 Å². The minimum absolute atomic E-state index is 0.0164. The number of hydrogen-bond donors (Lipinski definition) is 1. The molecule has 0 aromatic carbocycles.